The molecule has 0 aliphatic heterocycles. The maximum Gasteiger partial charge on any atom is 0.348 e. The highest BCUT2D eigenvalue weighted by Gasteiger charge is 2.16. The van der Waals surface area contributed by atoms with Crippen LogP contribution in [-0.2, 0) is 10.5 Å². The fourth-order valence-electron chi connectivity index (χ4n) is 0.621. The molecule has 1 atom stereocenters. The van der Waals surface area contributed by atoms with Crippen LogP contribution >= 0.6 is 11.8 Å². The molecule has 0 saturated heterocycles. The summed E-state index contributed by atoms with van der Waals surface area (Å²) in [6.45, 7) is 0. The third kappa shape index (κ3) is 2.58. The van der Waals surface area contributed by atoms with Crippen molar-refractivity contribution in [3.8, 4) is 0 Å². The molecule has 12 heavy (non-hydrogen) atoms. The molecular formula is C7H7FO3S. The van der Waals surface area contributed by atoms with E-state index in [0.717, 1.165) is 0 Å². The third-order valence-corrected chi connectivity index (χ3v) is 2.09. The Morgan fingerprint density at radius 1 is 1.83 bits per heavy atom. The number of carboxylic acid groups (broad SMARTS) is 1. The maximum atomic E-state index is 12.4. The molecule has 0 spiro atoms. The molecule has 1 N–H and O–H groups in total. The molecule has 0 amide bonds. The second-order valence-corrected chi connectivity index (χ2v) is 3.08. The number of alkyl halides is 1. The van der Waals surface area contributed by atoms with E-state index >= 15 is 0 Å². The lowest BCUT2D eigenvalue weighted by Gasteiger charge is -1.99. The van der Waals surface area contributed by atoms with Crippen LogP contribution in [0.2, 0.25) is 0 Å². The summed E-state index contributed by atoms with van der Waals surface area (Å²) < 4.78 is 17.3. The number of aliphatic carboxylic acids is 1. The molecule has 0 bridgehead atoms. The van der Waals surface area contributed by atoms with E-state index in [-0.39, 0.29) is 5.75 Å². The molecule has 1 unspecified atom stereocenters. The zero-order valence-electron chi connectivity index (χ0n) is 6.07. The Kier molecular flexibility index (Phi) is 3.16. The average Bonchev–Trinajstić information content (AvgIpc) is 2.51. The molecule has 1 heterocycles. The van der Waals surface area contributed by atoms with Gasteiger partial charge in [0.05, 0.1) is 12.0 Å². The number of hydrogen-bond donors (Lipinski definition) is 1. The molecule has 5 heteroatoms. The van der Waals surface area contributed by atoms with Gasteiger partial charge in [-0.2, -0.15) is 0 Å². The van der Waals surface area contributed by atoms with Crippen LogP contribution in [-0.4, -0.2) is 16.6 Å². The Labute approximate surface area is 72.6 Å². The van der Waals surface area contributed by atoms with Gasteiger partial charge in [0, 0.05) is 0 Å². The molecule has 0 aliphatic carbocycles. The minimum absolute atomic E-state index is 0.237. The SMILES string of the molecule is O=C(O)C(F)SCc1ccco1. The van der Waals surface area contributed by atoms with E-state index in [4.69, 9.17) is 9.52 Å². The number of hydrogen-bond acceptors (Lipinski definition) is 3. The highest BCUT2D eigenvalue weighted by atomic mass is 32.2. The van der Waals surface area contributed by atoms with Gasteiger partial charge in [-0.05, 0) is 12.1 Å². The molecular weight excluding hydrogens is 183 g/mol. The number of furan rings is 1. The summed E-state index contributed by atoms with van der Waals surface area (Å²) in [4.78, 5) is 10.0. The van der Waals surface area contributed by atoms with E-state index in [1.807, 2.05) is 0 Å². The van der Waals surface area contributed by atoms with Crippen LogP contribution in [0.25, 0.3) is 0 Å². The van der Waals surface area contributed by atoms with Gasteiger partial charge in [-0.3, -0.25) is 0 Å². The minimum Gasteiger partial charge on any atom is -0.478 e. The van der Waals surface area contributed by atoms with Crippen molar-refractivity contribution >= 4 is 17.7 Å². The van der Waals surface area contributed by atoms with Gasteiger partial charge >= 0.3 is 5.97 Å². The van der Waals surface area contributed by atoms with Gasteiger partial charge in [-0.25, -0.2) is 9.18 Å². The van der Waals surface area contributed by atoms with Crippen LogP contribution in [0, 0.1) is 0 Å². The van der Waals surface area contributed by atoms with Crippen LogP contribution in [0.5, 0.6) is 0 Å². The Bertz CT molecular complexity index is 247. The summed E-state index contributed by atoms with van der Waals surface area (Å²) in [6.07, 6.45) is 1.46. The van der Waals surface area contributed by atoms with Gasteiger partial charge in [0.15, 0.2) is 0 Å². The zero-order chi connectivity index (χ0) is 8.97. The summed E-state index contributed by atoms with van der Waals surface area (Å²) in [5, 5.41) is 8.18. The quantitative estimate of drug-likeness (QED) is 0.787. The largest absolute Gasteiger partial charge is 0.478 e. The molecule has 3 nitrogen and oxygen atoms in total. The second-order valence-electron chi connectivity index (χ2n) is 2.04. The average molecular weight is 190 g/mol. The van der Waals surface area contributed by atoms with Crippen molar-refractivity contribution in [3.63, 3.8) is 0 Å². The molecule has 0 fully saturated rings. The van der Waals surface area contributed by atoms with E-state index in [2.05, 4.69) is 0 Å². The molecule has 1 rings (SSSR count). The minimum atomic E-state index is -1.88. The molecule has 66 valence electrons. The second kappa shape index (κ2) is 4.15. The van der Waals surface area contributed by atoms with E-state index < -0.39 is 11.5 Å². The lowest BCUT2D eigenvalue weighted by molar-refractivity contribution is -0.139. The Balaban J connectivity index is 2.31. The van der Waals surface area contributed by atoms with Crippen molar-refractivity contribution in [3.05, 3.63) is 24.2 Å². The summed E-state index contributed by atoms with van der Waals surface area (Å²) in [5.41, 5.74) is -1.88. The number of rotatable bonds is 4. The first-order chi connectivity index (χ1) is 5.70. The Morgan fingerprint density at radius 3 is 3.08 bits per heavy atom. The topological polar surface area (TPSA) is 50.4 Å². The summed E-state index contributed by atoms with van der Waals surface area (Å²) >= 11 is 0.682. The highest BCUT2D eigenvalue weighted by Crippen LogP contribution is 2.18. The smallest absolute Gasteiger partial charge is 0.348 e. The van der Waals surface area contributed by atoms with E-state index in [1.54, 1.807) is 12.1 Å². The fraction of sp³-hybridized carbons (Fsp3) is 0.286. The van der Waals surface area contributed by atoms with Gasteiger partial charge < -0.3 is 9.52 Å². The van der Waals surface area contributed by atoms with Crippen molar-refractivity contribution in [2.24, 2.45) is 0 Å². The van der Waals surface area contributed by atoms with E-state index in [0.29, 0.717) is 17.5 Å². The molecule has 1 aromatic heterocycles. The van der Waals surface area contributed by atoms with Gasteiger partial charge in [0.1, 0.15) is 5.76 Å². The van der Waals surface area contributed by atoms with Gasteiger partial charge in [-0.1, -0.05) is 0 Å². The van der Waals surface area contributed by atoms with E-state index in [1.165, 1.54) is 6.26 Å². The lowest BCUT2D eigenvalue weighted by Crippen LogP contribution is -2.09. The first-order valence-electron chi connectivity index (χ1n) is 3.21. The van der Waals surface area contributed by atoms with Crippen molar-refractivity contribution in [1.82, 2.24) is 0 Å². The molecule has 0 aliphatic rings. The Morgan fingerprint density at radius 2 is 2.58 bits per heavy atom. The molecule has 0 aromatic carbocycles. The number of carboxylic acids is 1. The normalized spacial score (nSPS) is 12.8. The lowest BCUT2D eigenvalue weighted by atomic mass is 10.5. The predicted octanol–water partition coefficient (Wildman–Crippen LogP) is 1.89. The highest BCUT2D eigenvalue weighted by molar-refractivity contribution is 7.99. The molecule has 0 saturated carbocycles. The molecule has 0 radical (unpaired) electrons. The third-order valence-electron chi connectivity index (χ3n) is 1.15. The monoisotopic (exact) mass is 190 g/mol. The van der Waals surface area contributed by atoms with E-state index in [9.17, 15) is 9.18 Å². The van der Waals surface area contributed by atoms with Crippen LogP contribution in [0.4, 0.5) is 4.39 Å². The number of carbonyl (C=O) groups is 1. The first-order valence-corrected chi connectivity index (χ1v) is 4.26. The number of halogens is 1. The van der Waals surface area contributed by atoms with Crippen molar-refractivity contribution in [2.75, 3.05) is 0 Å². The van der Waals surface area contributed by atoms with Gasteiger partial charge in [0.2, 0.25) is 5.50 Å². The van der Waals surface area contributed by atoms with Gasteiger partial charge in [0.25, 0.3) is 0 Å². The van der Waals surface area contributed by atoms with Crippen molar-refractivity contribution < 1.29 is 18.7 Å². The fourth-order valence-corrected chi connectivity index (χ4v) is 1.24. The zero-order valence-corrected chi connectivity index (χ0v) is 6.88. The standard InChI is InChI=1S/C7H7FO3S/c8-6(7(9)10)12-4-5-2-1-3-11-5/h1-3,6H,4H2,(H,9,10). The van der Waals surface area contributed by atoms with Crippen LogP contribution in [0.15, 0.2) is 22.8 Å². The van der Waals surface area contributed by atoms with Crippen molar-refractivity contribution in [1.29, 1.82) is 0 Å². The van der Waals surface area contributed by atoms with Crippen LogP contribution in [0.3, 0.4) is 0 Å². The summed E-state index contributed by atoms with van der Waals surface area (Å²) in [5.74, 6) is -0.643. The predicted molar refractivity (Wildman–Crippen MR) is 42.5 cm³/mol. The summed E-state index contributed by atoms with van der Waals surface area (Å²) in [6, 6.07) is 3.34. The Hall–Kier alpha value is -0.970. The van der Waals surface area contributed by atoms with Crippen LogP contribution < -0.4 is 0 Å². The number of thioether (sulfide) groups is 1. The first kappa shape index (κ1) is 9.12. The summed E-state index contributed by atoms with van der Waals surface area (Å²) in [7, 11) is 0. The van der Waals surface area contributed by atoms with Crippen molar-refractivity contribution in [2.45, 2.75) is 11.3 Å². The molecule has 1 aromatic rings. The van der Waals surface area contributed by atoms with Gasteiger partial charge in [-0.15, -0.1) is 11.8 Å². The van der Waals surface area contributed by atoms with Crippen LogP contribution in [0.1, 0.15) is 5.76 Å². The maximum absolute atomic E-state index is 12.4.